The molecule has 0 radical (unpaired) electrons. The van der Waals surface area contributed by atoms with Crippen molar-refractivity contribution in [3.8, 4) is 11.5 Å². The first-order valence-electron chi connectivity index (χ1n) is 7.38. The molecule has 0 saturated carbocycles. The second-order valence-electron chi connectivity index (χ2n) is 5.37. The molecular weight excluding hydrogens is 302 g/mol. The fourth-order valence-corrected chi connectivity index (χ4v) is 2.39. The molecular formula is C16H21NO6. The van der Waals surface area contributed by atoms with Gasteiger partial charge in [-0.3, -0.25) is 9.59 Å². The average molecular weight is 323 g/mol. The predicted molar refractivity (Wildman–Crippen MR) is 81.8 cm³/mol. The van der Waals surface area contributed by atoms with Gasteiger partial charge in [0.25, 0.3) is 5.91 Å². The van der Waals surface area contributed by atoms with Gasteiger partial charge in [-0.05, 0) is 24.6 Å². The molecule has 1 aliphatic heterocycles. The van der Waals surface area contributed by atoms with Crippen LogP contribution in [0.15, 0.2) is 18.2 Å². The second-order valence-corrected chi connectivity index (χ2v) is 5.37. The van der Waals surface area contributed by atoms with E-state index >= 15 is 0 Å². The number of carbonyl (C=O) groups excluding carboxylic acids is 1. The molecule has 1 aromatic carbocycles. The maximum Gasteiger partial charge on any atom is 0.306 e. The maximum absolute atomic E-state index is 12.2. The second kappa shape index (κ2) is 7.82. The number of hydrogen-bond donors (Lipinski definition) is 1. The molecule has 1 atom stereocenters. The van der Waals surface area contributed by atoms with Crippen molar-refractivity contribution in [2.75, 3.05) is 33.4 Å². The van der Waals surface area contributed by atoms with Crippen LogP contribution < -0.4 is 9.47 Å². The summed E-state index contributed by atoms with van der Waals surface area (Å²) in [5.41, 5.74) is 1.03. The number of benzene rings is 1. The SMILES string of the molecule is COc1cc(C)ccc1OCC(=O)N1CCO[C@H](CC(=O)O)C1. The summed E-state index contributed by atoms with van der Waals surface area (Å²) in [4.78, 5) is 24.5. The van der Waals surface area contributed by atoms with Crippen LogP contribution in [0.25, 0.3) is 0 Å². The third-order valence-electron chi connectivity index (χ3n) is 3.56. The Morgan fingerprint density at radius 3 is 2.87 bits per heavy atom. The molecule has 1 saturated heterocycles. The highest BCUT2D eigenvalue weighted by Gasteiger charge is 2.26. The number of ether oxygens (including phenoxy) is 3. The molecule has 1 fully saturated rings. The van der Waals surface area contributed by atoms with Gasteiger partial charge in [0, 0.05) is 13.1 Å². The van der Waals surface area contributed by atoms with E-state index in [-0.39, 0.29) is 25.5 Å². The summed E-state index contributed by atoms with van der Waals surface area (Å²) in [5, 5.41) is 8.80. The molecule has 1 aromatic rings. The molecule has 0 spiro atoms. The van der Waals surface area contributed by atoms with E-state index in [0.717, 1.165) is 5.56 Å². The number of nitrogens with zero attached hydrogens (tertiary/aromatic N) is 1. The number of aliphatic carboxylic acids is 1. The number of amides is 1. The van der Waals surface area contributed by atoms with Crippen molar-refractivity contribution in [2.24, 2.45) is 0 Å². The summed E-state index contributed by atoms with van der Waals surface area (Å²) in [7, 11) is 1.54. The zero-order valence-electron chi connectivity index (χ0n) is 13.3. The lowest BCUT2D eigenvalue weighted by molar-refractivity contribution is -0.148. The standard InChI is InChI=1S/C16H21NO6/c1-11-3-4-13(14(7-11)21-2)23-10-15(18)17-5-6-22-12(9-17)8-16(19)20/h3-4,7,12H,5-6,8-10H2,1-2H3,(H,19,20)/t12-/m1/s1. The summed E-state index contributed by atoms with van der Waals surface area (Å²) in [6, 6.07) is 5.46. The molecule has 23 heavy (non-hydrogen) atoms. The summed E-state index contributed by atoms with van der Waals surface area (Å²) in [6.45, 7) is 2.84. The van der Waals surface area contributed by atoms with Gasteiger partial charge in [-0.1, -0.05) is 6.07 Å². The maximum atomic E-state index is 12.2. The topological polar surface area (TPSA) is 85.3 Å². The van der Waals surface area contributed by atoms with Crippen LogP contribution in [-0.2, 0) is 14.3 Å². The van der Waals surface area contributed by atoms with E-state index in [1.807, 2.05) is 19.1 Å². The highest BCUT2D eigenvalue weighted by Crippen LogP contribution is 2.27. The van der Waals surface area contributed by atoms with E-state index in [1.54, 1.807) is 18.1 Å². The Hall–Kier alpha value is -2.28. The Kier molecular flexibility index (Phi) is 5.81. The lowest BCUT2D eigenvalue weighted by Crippen LogP contribution is -2.47. The van der Waals surface area contributed by atoms with Crippen molar-refractivity contribution >= 4 is 11.9 Å². The van der Waals surface area contributed by atoms with Gasteiger partial charge >= 0.3 is 5.97 Å². The minimum Gasteiger partial charge on any atom is -0.493 e. The van der Waals surface area contributed by atoms with Gasteiger partial charge in [-0.15, -0.1) is 0 Å². The van der Waals surface area contributed by atoms with E-state index in [0.29, 0.717) is 24.7 Å². The summed E-state index contributed by atoms with van der Waals surface area (Å²) in [5.74, 6) is -0.0680. The molecule has 1 aliphatic rings. The number of aryl methyl sites for hydroxylation is 1. The van der Waals surface area contributed by atoms with E-state index in [1.165, 1.54) is 0 Å². The van der Waals surface area contributed by atoms with E-state index in [9.17, 15) is 9.59 Å². The van der Waals surface area contributed by atoms with Gasteiger partial charge in [0.05, 0.1) is 26.2 Å². The number of rotatable bonds is 6. The highest BCUT2D eigenvalue weighted by molar-refractivity contribution is 5.78. The number of morpholine rings is 1. The predicted octanol–water partition coefficient (Wildman–Crippen LogP) is 1.08. The Balaban J connectivity index is 1.90. The Morgan fingerprint density at radius 1 is 1.39 bits per heavy atom. The molecule has 2 rings (SSSR count). The minimum atomic E-state index is -0.940. The molecule has 126 valence electrons. The summed E-state index contributed by atoms with van der Waals surface area (Å²) >= 11 is 0. The quantitative estimate of drug-likeness (QED) is 0.843. The van der Waals surface area contributed by atoms with Crippen molar-refractivity contribution in [1.29, 1.82) is 0 Å². The van der Waals surface area contributed by atoms with Crippen molar-refractivity contribution in [1.82, 2.24) is 4.90 Å². The van der Waals surface area contributed by atoms with Gasteiger partial charge in [0.15, 0.2) is 18.1 Å². The molecule has 1 heterocycles. The van der Waals surface area contributed by atoms with Crippen molar-refractivity contribution in [3.05, 3.63) is 23.8 Å². The number of methoxy groups -OCH3 is 1. The van der Waals surface area contributed by atoms with Crippen molar-refractivity contribution < 1.29 is 28.9 Å². The normalized spacial score (nSPS) is 17.7. The van der Waals surface area contributed by atoms with Crippen LogP contribution in [-0.4, -0.2) is 61.4 Å². The largest absolute Gasteiger partial charge is 0.493 e. The number of hydrogen-bond acceptors (Lipinski definition) is 5. The molecule has 1 amide bonds. The fourth-order valence-electron chi connectivity index (χ4n) is 2.39. The fraction of sp³-hybridized carbons (Fsp3) is 0.500. The monoisotopic (exact) mass is 323 g/mol. The molecule has 7 heteroatoms. The molecule has 0 bridgehead atoms. The van der Waals surface area contributed by atoms with Gasteiger partial charge in [-0.25, -0.2) is 0 Å². The number of carboxylic acid groups (broad SMARTS) is 1. The third kappa shape index (κ3) is 4.85. The first kappa shape index (κ1) is 17.1. The Bertz CT molecular complexity index is 574. The lowest BCUT2D eigenvalue weighted by Gasteiger charge is -2.32. The number of carbonyl (C=O) groups is 2. The van der Waals surface area contributed by atoms with Crippen LogP contribution >= 0.6 is 0 Å². The smallest absolute Gasteiger partial charge is 0.306 e. The van der Waals surface area contributed by atoms with Crippen molar-refractivity contribution in [2.45, 2.75) is 19.4 Å². The molecule has 0 aliphatic carbocycles. The molecule has 1 N–H and O–H groups in total. The molecule has 0 unspecified atom stereocenters. The van der Waals surface area contributed by atoms with Crippen LogP contribution in [0.4, 0.5) is 0 Å². The van der Waals surface area contributed by atoms with Gasteiger partial charge < -0.3 is 24.2 Å². The van der Waals surface area contributed by atoms with Crippen LogP contribution in [0.1, 0.15) is 12.0 Å². The van der Waals surface area contributed by atoms with Gasteiger partial charge in [-0.2, -0.15) is 0 Å². The van der Waals surface area contributed by atoms with Crippen LogP contribution in [0.3, 0.4) is 0 Å². The van der Waals surface area contributed by atoms with Crippen LogP contribution in [0, 0.1) is 6.92 Å². The zero-order chi connectivity index (χ0) is 16.8. The van der Waals surface area contributed by atoms with E-state index in [4.69, 9.17) is 19.3 Å². The first-order valence-corrected chi connectivity index (χ1v) is 7.38. The summed E-state index contributed by atoms with van der Waals surface area (Å²) in [6.07, 6.45) is -0.588. The van der Waals surface area contributed by atoms with Crippen LogP contribution in [0.2, 0.25) is 0 Å². The Morgan fingerprint density at radius 2 is 2.17 bits per heavy atom. The summed E-state index contributed by atoms with van der Waals surface area (Å²) < 4.78 is 16.1. The zero-order valence-corrected chi connectivity index (χ0v) is 13.3. The van der Waals surface area contributed by atoms with E-state index < -0.39 is 12.1 Å². The average Bonchev–Trinajstić information content (AvgIpc) is 2.52. The van der Waals surface area contributed by atoms with Gasteiger partial charge in [0.2, 0.25) is 0 Å². The minimum absolute atomic E-state index is 0.115. The molecule has 0 aromatic heterocycles. The number of carboxylic acids is 1. The Labute approximate surface area is 134 Å². The molecule has 7 nitrogen and oxygen atoms in total. The third-order valence-corrected chi connectivity index (χ3v) is 3.56. The first-order chi connectivity index (χ1) is 11.0. The highest BCUT2D eigenvalue weighted by atomic mass is 16.5. The van der Waals surface area contributed by atoms with Crippen molar-refractivity contribution in [3.63, 3.8) is 0 Å². The van der Waals surface area contributed by atoms with Crippen LogP contribution in [0.5, 0.6) is 11.5 Å². The van der Waals surface area contributed by atoms with E-state index in [2.05, 4.69) is 0 Å². The van der Waals surface area contributed by atoms with Gasteiger partial charge in [0.1, 0.15) is 0 Å². The lowest BCUT2D eigenvalue weighted by atomic mass is 10.2.